The first-order chi connectivity index (χ1) is 9.25. The molecular weight excluding hydrogens is 246 g/mol. The first-order valence-corrected chi connectivity index (χ1v) is 5.99. The van der Waals surface area contributed by atoms with Crippen molar-refractivity contribution in [2.45, 2.75) is 6.42 Å². The molecule has 3 rings (SSSR count). The van der Waals surface area contributed by atoms with E-state index in [9.17, 15) is 4.79 Å². The average Bonchev–Trinajstić information content (AvgIpc) is 2.72. The molecule has 0 atom stereocenters. The van der Waals surface area contributed by atoms with E-state index in [0.29, 0.717) is 35.8 Å². The molecule has 1 aliphatic heterocycles. The Kier molecular flexibility index (Phi) is 2.83. The zero-order chi connectivity index (χ0) is 13.2. The maximum atomic E-state index is 12.3. The average molecular weight is 259 g/mol. The number of rotatable bonds is 2. The van der Waals surface area contributed by atoms with Crippen molar-refractivity contribution in [2.75, 3.05) is 18.9 Å². The Morgan fingerprint density at radius 1 is 1.26 bits per heavy atom. The van der Waals surface area contributed by atoms with Crippen LogP contribution in [0.3, 0.4) is 0 Å². The molecular formula is C13H13N3O3. The number of aromatic amines is 1. The summed E-state index contributed by atoms with van der Waals surface area (Å²) >= 11 is 0. The van der Waals surface area contributed by atoms with Gasteiger partial charge in [-0.15, -0.1) is 0 Å². The van der Waals surface area contributed by atoms with Crippen molar-refractivity contribution in [1.82, 2.24) is 10.2 Å². The SMILES string of the molecule is Nc1[nH]ncc1C(=O)c1ccc2c(c1)OCCCO2. The Bertz CT molecular complexity index is 621. The van der Waals surface area contributed by atoms with Gasteiger partial charge in [0.2, 0.25) is 0 Å². The summed E-state index contributed by atoms with van der Waals surface area (Å²) in [4.78, 5) is 12.3. The van der Waals surface area contributed by atoms with Crippen molar-refractivity contribution < 1.29 is 14.3 Å². The fourth-order valence-electron chi connectivity index (χ4n) is 1.94. The van der Waals surface area contributed by atoms with Crippen LogP contribution >= 0.6 is 0 Å². The summed E-state index contributed by atoms with van der Waals surface area (Å²) in [6.45, 7) is 1.20. The van der Waals surface area contributed by atoms with E-state index in [1.54, 1.807) is 18.2 Å². The molecule has 98 valence electrons. The fraction of sp³-hybridized carbons (Fsp3) is 0.231. The molecule has 6 heteroatoms. The molecule has 0 bridgehead atoms. The first kappa shape index (κ1) is 11.6. The Hall–Kier alpha value is -2.50. The molecule has 1 aromatic heterocycles. The summed E-state index contributed by atoms with van der Waals surface area (Å²) in [7, 11) is 0. The summed E-state index contributed by atoms with van der Waals surface area (Å²) < 4.78 is 11.1. The standard InChI is InChI=1S/C13H13N3O3/c14-13-9(7-15-16-13)12(17)8-2-3-10-11(6-8)19-5-1-4-18-10/h2-3,6-7H,1,4-5H2,(H3,14,15,16). The number of ether oxygens (including phenoxy) is 2. The molecule has 0 aliphatic carbocycles. The van der Waals surface area contributed by atoms with Gasteiger partial charge in [0.05, 0.1) is 25.0 Å². The molecule has 1 aliphatic rings. The summed E-state index contributed by atoms with van der Waals surface area (Å²) in [5, 5.41) is 6.29. The van der Waals surface area contributed by atoms with Gasteiger partial charge >= 0.3 is 0 Å². The zero-order valence-corrected chi connectivity index (χ0v) is 10.2. The minimum atomic E-state index is -0.193. The van der Waals surface area contributed by atoms with E-state index in [4.69, 9.17) is 15.2 Å². The van der Waals surface area contributed by atoms with Gasteiger partial charge in [-0.1, -0.05) is 0 Å². The van der Waals surface area contributed by atoms with Crippen LogP contribution in [0.4, 0.5) is 5.82 Å². The molecule has 3 N–H and O–H groups in total. The largest absolute Gasteiger partial charge is 0.490 e. The van der Waals surface area contributed by atoms with Crippen LogP contribution in [0.2, 0.25) is 0 Å². The molecule has 0 saturated heterocycles. The zero-order valence-electron chi connectivity index (χ0n) is 10.2. The monoisotopic (exact) mass is 259 g/mol. The maximum absolute atomic E-state index is 12.3. The second kappa shape index (κ2) is 4.64. The van der Waals surface area contributed by atoms with E-state index in [0.717, 1.165) is 6.42 Å². The summed E-state index contributed by atoms with van der Waals surface area (Å²) in [5.41, 5.74) is 6.50. The molecule has 6 nitrogen and oxygen atoms in total. The molecule has 0 radical (unpaired) electrons. The lowest BCUT2D eigenvalue weighted by Crippen LogP contribution is -2.04. The number of carbonyl (C=O) groups is 1. The molecule has 0 spiro atoms. The number of nitrogens with zero attached hydrogens (tertiary/aromatic N) is 1. The number of nitrogen functional groups attached to an aromatic ring is 1. The van der Waals surface area contributed by atoms with Crippen LogP contribution in [-0.2, 0) is 0 Å². The fourth-order valence-corrected chi connectivity index (χ4v) is 1.94. The summed E-state index contributed by atoms with van der Waals surface area (Å²) in [5.74, 6) is 1.32. The van der Waals surface area contributed by atoms with Crippen molar-refractivity contribution in [3.63, 3.8) is 0 Å². The number of anilines is 1. The Morgan fingerprint density at radius 3 is 2.79 bits per heavy atom. The van der Waals surface area contributed by atoms with Gasteiger partial charge in [-0.3, -0.25) is 9.89 Å². The van der Waals surface area contributed by atoms with Gasteiger partial charge in [0.1, 0.15) is 5.82 Å². The lowest BCUT2D eigenvalue weighted by molar-refractivity contribution is 0.103. The molecule has 0 saturated carbocycles. The minimum absolute atomic E-state index is 0.193. The van der Waals surface area contributed by atoms with Gasteiger partial charge in [0, 0.05) is 12.0 Å². The van der Waals surface area contributed by atoms with Crippen LogP contribution in [0.1, 0.15) is 22.3 Å². The van der Waals surface area contributed by atoms with Crippen LogP contribution in [0.25, 0.3) is 0 Å². The highest BCUT2D eigenvalue weighted by Crippen LogP contribution is 2.31. The minimum Gasteiger partial charge on any atom is -0.490 e. The van der Waals surface area contributed by atoms with E-state index < -0.39 is 0 Å². The van der Waals surface area contributed by atoms with Crippen molar-refractivity contribution in [3.05, 3.63) is 35.5 Å². The predicted octanol–water partition coefficient (Wildman–Crippen LogP) is 1.38. The topological polar surface area (TPSA) is 90.2 Å². The van der Waals surface area contributed by atoms with Crippen LogP contribution in [-0.4, -0.2) is 29.2 Å². The third kappa shape index (κ3) is 2.12. The molecule has 0 fully saturated rings. The molecule has 19 heavy (non-hydrogen) atoms. The number of carbonyl (C=O) groups excluding carboxylic acids is 1. The molecule has 0 unspecified atom stereocenters. The Morgan fingerprint density at radius 2 is 2.05 bits per heavy atom. The number of hydrogen-bond donors (Lipinski definition) is 2. The van der Waals surface area contributed by atoms with Crippen LogP contribution in [0.5, 0.6) is 11.5 Å². The lowest BCUT2D eigenvalue weighted by atomic mass is 10.1. The highest BCUT2D eigenvalue weighted by Gasteiger charge is 2.17. The number of nitrogens with two attached hydrogens (primary N) is 1. The van der Waals surface area contributed by atoms with Crippen LogP contribution < -0.4 is 15.2 Å². The van der Waals surface area contributed by atoms with Crippen molar-refractivity contribution in [3.8, 4) is 11.5 Å². The van der Waals surface area contributed by atoms with Crippen LogP contribution in [0, 0.1) is 0 Å². The number of hydrogen-bond acceptors (Lipinski definition) is 5. The van der Waals surface area contributed by atoms with E-state index in [1.807, 2.05) is 0 Å². The Labute approximate surface area is 109 Å². The van der Waals surface area contributed by atoms with Crippen LogP contribution in [0.15, 0.2) is 24.4 Å². The molecule has 2 heterocycles. The second-order valence-electron chi connectivity index (χ2n) is 4.24. The second-order valence-corrected chi connectivity index (χ2v) is 4.24. The van der Waals surface area contributed by atoms with Gasteiger partial charge < -0.3 is 15.2 Å². The van der Waals surface area contributed by atoms with E-state index in [1.165, 1.54) is 6.20 Å². The van der Waals surface area contributed by atoms with Gasteiger partial charge in [-0.05, 0) is 18.2 Å². The third-order valence-electron chi connectivity index (χ3n) is 2.92. The highest BCUT2D eigenvalue weighted by molar-refractivity contribution is 6.11. The first-order valence-electron chi connectivity index (χ1n) is 5.99. The van der Waals surface area contributed by atoms with E-state index in [-0.39, 0.29) is 11.6 Å². The number of nitrogens with one attached hydrogen (secondary N) is 1. The van der Waals surface area contributed by atoms with Gasteiger partial charge in [-0.25, -0.2) is 0 Å². The van der Waals surface area contributed by atoms with E-state index in [2.05, 4.69) is 10.2 Å². The lowest BCUT2D eigenvalue weighted by Gasteiger charge is -2.08. The predicted molar refractivity (Wildman–Crippen MR) is 68.5 cm³/mol. The molecule has 0 amide bonds. The number of fused-ring (bicyclic) bond motifs is 1. The van der Waals surface area contributed by atoms with Crippen molar-refractivity contribution in [1.29, 1.82) is 0 Å². The normalized spacial score (nSPS) is 13.9. The number of ketones is 1. The summed E-state index contributed by atoms with van der Waals surface area (Å²) in [6.07, 6.45) is 2.24. The van der Waals surface area contributed by atoms with Crippen molar-refractivity contribution in [2.24, 2.45) is 0 Å². The smallest absolute Gasteiger partial charge is 0.198 e. The number of H-pyrrole nitrogens is 1. The highest BCUT2D eigenvalue weighted by atomic mass is 16.5. The maximum Gasteiger partial charge on any atom is 0.198 e. The third-order valence-corrected chi connectivity index (χ3v) is 2.92. The quantitative estimate of drug-likeness (QED) is 0.795. The van der Waals surface area contributed by atoms with Crippen molar-refractivity contribution >= 4 is 11.6 Å². The number of aromatic nitrogens is 2. The Balaban J connectivity index is 1.96. The van der Waals surface area contributed by atoms with E-state index >= 15 is 0 Å². The van der Waals surface area contributed by atoms with Gasteiger partial charge in [-0.2, -0.15) is 5.10 Å². The van der Waals surface area contributed by atoms with Gasteiger partial charge in [0.25, 0.3) is 0 Å². The van der Waals surface area contributed by atoms with Gasteiger partial charge in [0.15, 0.2) is 17.3 Å². The number of benzene rings is 1. The molecule has 2 aromatic rings. The summed E-state index contributed by atoms with van der Waals surface area (Å²) in [6, 6.07) is 5.11. The molecule has 1 aromatic carbocycles.